The van der Waals surface area contributed by atoms with Crippen molar-refractivity contribution in [1.82, 2.24) is 19.7 Å². The van der Waals surface area contributed by atoms with E-state index in [1.54, 1.807) is 28.9 Å². The summed E-state index contributed by atoms with van der Waals surface area (Å²) in [5.74, 6) is -0.0994. The van der Waals surface area contributed by atoms with Crippen LogP contribution in [0, 0.1) is 5.82 Å². The van der Waals surface area contributed by atoms with Crippen molar-refractivity contribution in [2.45, 2.75) is 18.9 Å². The molecular weight excluding hydrogens is 325 g/mol. The van der Waals surface area contributed by atoms with Crippen molar-refractivity contribution >= 4 is 16.8 Å². The van der Waals surface area contributed by atoms with Crippen molar-refractivity contribution in [2.24, 2.45) is 5.73 Å². The van der Waals surface area contributed by atoms with Crippen molar-refractivity contribution in [1.29, 1.82) is 0 Å². The van der Waals surface area contributed by atoms with E-state index in [0.717, 1.165) is 6.42 Å². The van der Waals surface area contributed by atoms with Gasteiger partial charge in [0.05, 0.1) is 19.1 Å². The van der Waals surface area contributed by atoms with Crippen molar-refractivity contribution in [2.75, 3.05) is 13.2 Å². The van der Waals surface area contributed by atoms with E-state index in [9.17, 15) is 9.18 Å². The van der Waals surface area contributed by atoms with Crippen LogP contribution >= 0.6 is 0 Å². The third kappa shape index (κ3) is 2.96. The van der Waals surface area contributed by atoms with Gasteiger partial charge in [-0.2, -0.15) is 5.10 Å². The Labute approximate surface area is 142 Å². The average molecular weight is 341 g/mol. The highest BCUT2D eigenvalue weighted by molar-refractivity contribution is 5.81. The van der Waals surface area contributed by atoms with Crippen LogP contribution in [0.15, 0.2) is 30.3 Å². The second kappa shape index (κ2) is 6.21. The van der Waals surface area contributed by atoms with E-state index in [0.29, 0.717) is 35.9 Å². The van der Waals surface area contributed by atoms with Crippen molar-refractivity contribution in [3.63, 3.8) is 0 Å². The minimum atomic E-state index is -0.510. The number of pyridine rings is 1. The first-order valence-corrected chi connectivity index (χ1v) is 7.99. The summed E-state index contributed by atoms with van der Waals surface area (Å²) in [7, 11) is 0. The number of nitrogens with zero attached hydrogens (tertiary/aromatic N) is 4. The van der Waals surface area contributed by atoms with E-state index >= 15 is 0 Å². The van der Waals surface area contributed by atoms with Gasteiger partial charge in [-0.15, -0.1) is 0 Å². The van der Waals surface area contributed by atoms with E-state index in [-0.39, 0.29) is 18.0 Å². The van der Waals surface area contributed by atoms with Crippen LogP contribution in [-0.2, 0) is 16.0 Å². The van der Waals surface area contributed by atoms with Crippen molar-refractivity contribution < 1.29 is 13.9 Å². The highest BCUT2D eigenvalue weighted by Gasteiger charge is 2.25. The summed E-state index contributed by atoms with van der Waals surface area (Å²) in [6.45, 7) is 1.14. The molecule has 2 aromatic heterocycles. The van der Waals surface area contributed by atoms with Crippen molar-refractivity contribution in [3.8, 4) is 11.5 Å². The van der Waals surface area contributed by atoms with Gasteiger partial charge in [-0.05, 0) is 18.6 Å². The van der Waals surface area contributed by atoms with E-state index in [1.165, 1.54) is 6.07 Å². The molecule has 7 nitrogen and oxygen atoms in total. The van der Waals surface area contributed by atoms with Gasteiger partial charge in [0.25, 0.3) is 0 Å². The standard InChI is InChI=1S/C17H16FN5O2/c18-12-3-1-2-10-4-5-13(20-16(10)12)17-21-15(8-14(19)24)22-23(17)11-6-7-25-9-11/h1-5,11H,6-9H2,(H2,19,24). The molecular formula is C17H16FN5O2. The second-order valence-electron chi connectivity index (χ2n) is 5.96. The Morgan fingerprint density at radius 3 is 2.96 bits per heavy atom. The summed E-state index contributed by atoms with van der Waals surface area (Å²) >= 11 is 0. The smallest absolute Gasteiger partial charge is 0.225 e. The number of rotatable bonds is 4. The molecule has 1 fully saturated rings. The van der Waals surface area contributed by atoms with E-state index in [4.69, 9.17) is 10.5 Å². The number of benzene rings is 1. The summed E-state index contributed by atoms with van der Waals surface area (Å²) in [6.07, 6.45) is 0.726. The number of ether oxygens (including phenoxy) is 1. The Kier molecular flexibility index (Phi) is 3.89. The molecule has 25 heavy (non-hydrogen) atoms. The average Bonchev–Trinajstić information content (AvgIpc) is 3.24. The molecule has 8 heteroatoms. The number of carbonyl (C=O) groups is 1. The first-order chi connectivity index (χ1) is 12.1. The van der Waals surface area contributed by atoms with Gasteiger partial charge in [-0.25, -0.2) is 19.0 Å². The number of hydrogen-bond donors (Lipinski definition) is 1. The Morgan fingerprint density at radius 1 is 1.32 bits per heavy atom. The number of aromatic nitrogens is 4. The largest absolute Gasteiger partial charge is 0.379 e. The number of primary amides is 1. The highest BCUT2D eigenvalue weighted by atomic mass is 19.1. The van der Waals surface area contributed by atoms with Gasteiger partial charge in [0.2, 0.25) is 5.91 Å². The number of amides is 1. The summed E-state index contributed by atoms with van der Waals surface area (Å²) < 4.78 is 21.2. The maximum Gasteiger partial charge on any atom is 0.225 e. The van der Waals surface area contributed by atoms with Crippen LogP contribution in [0.3, 0.4) is 0 Å². The molecule has 0 bridgehead atoms. The van der Waals surface area contributed by atoms with Crippen LogP contribution in [0.5, 0.6) is 0 Å². The molecule has 0 spiro atoms. The third-order valence-corrected chi connectivity index (χ3v) is 4.16. The van der Waals surface area contributed by atoms with Crippen LogP contribution in [0.1, 0.15) is 18.3 Å². The molecule has 2 N–H and O–H groups in total. The van der Waals surface area contributed by atoms with E-state index in [1.807, 2.05) is 0 Å². The zero-order chi connectivity index (χ0) is 17.4. The minimum Gasteiger partial charge on any atom is -0.379 e. The first kappa shape index (κ1) is 15.6. The first-order valence-electron chi connectivity index (χ1n) is 7.99. The molecule has 1 atom stereocenters. The van der Waals surface area contributed by atoms with Gasteiger partial charge in [-0.3, -0.25) is 4.79 Å². The summed E-state index contributed by atoms with van der Waals surface area (Å²) in [6, 6.07) is 8.37. The lowest BCUT2D eigenvalue weighted by atomic mass is 10.2. The van der Waals surface area contributed by atoms with Gasteiger partial charge in [0.15, 0.2) is 11.6 Å². The Morgan fingerprint density at radius 2 is 2.20 bits per heavy atom. The Hall–Kier alpha value is -2.87. The molecule has 4 rings (SSSR count). The molecule has 3 aromatic rings. The predicted octanol–water partition coefficient (Wildman–Crippen LogP) is 1.62. The molecule has 0 saturated carbocycles. The number of nitrogens with two attached hydrogens (primary N) is 1. The molecule has 1 aromatic carbocycles. The van der Waals surface area contributed by atoms with Crippen LogP contribution in [0.4, 0.5) is 4.39 Å². The molecule has 1 amide bonds. The fourth-order valence-electron chi connectivity index (χ4n) is 2.98. The molecule has 0 radical (unpaired) electrons. The molecule has 1 aliphatic rings. The molecule has 128 valence electrons. The minimum absolute atomic E-state index is 0.00208. The quantitative estimate of drug-likeness (QED) is 0.778. The summed E-state index contributed by atoms with van der Waals surface area (Å²) in [5.41, 5.74) is 6.02. The number of halogens is 1. The molecule has 0 aliphatic carbocycles. The predicted molar refractivity (Wildman–Crippen MR) is 88.1 cm³/mol. The summed E-state index contributed by atoms with van der Waals surface area (Å²) in [4.78, 5) is 20.0. The van der Waals surface area contributed by atoms with Gasteiger partial charge in [0.1, 0.15) is 17.0 Å². The number of para-hydroxylation sites is 1. The normalized spacial score (nSPS) is 17.2. The van der Waals surface area contributed by atoms with E-state index < -0.39 is 11.7 Å². The zero-order valence-corrected chi connectivity index (χ0v) is 13.4. The molecule has 3 heterocycles. The van der Waals surface area contributed by atoms with Crippen molar-refractivity contribution in [3.05, 3.63) is 42.0 Å². The highest BCUT2D eigenvalue weighted by Crippen LogP contribution is 2.27. The summed E-state index contributed by atoms with van der Waals surface area (Å²) in [5, 5.41) is 5.11. The number of carbonyl (C=O) groups excluding carboxylic acids is 1. The molecule has 1 unspecified atom stereocenters. The molecule has 1 saturated heterocycles. The van der Waals surface area contributed by atoms with Gasteiger partial charge >= 0.3 is 0 Å². The van der Waals surface area contributed by atoms with Gasteiger partial charge in [0, 0.05) is 12.0 Å². The second-order valence-corrected chi connectivity index (χ2v) is 5.96. The monoisotopic (exact) mass is 341 g/mol. The topological polar surface area (TPSA) is 95.9 Å². The van der Waals surface area contributed by atoms with Crippen LogP contribution in [0.2, 0.25) is 0 Å². The lowest BCUT2D eigenvalue weighted by molar-refractivity contribution is -0.117. The van der Waals surface area contributed by atoms with Gasteiger partial charge in [-0.1, -0.05) is 18.2 Å². The SMILES string of the molecule is NC(=O)Cc1nc(-c2ccc3cccc(F)c3n2)n(C2CCOC2)n1. The van der Waals surface area contributed by atoms with Gasteiger partial charge < -0.3 is 10.5 Å². The zero-order valence-electron chi connectivity index (χ0n) is 13.4. The maximum absolute atomic E-state index is 14.1. The lowest BCUT2D eigenvalue weighted by Gasteiger charge is -2.11. The van der Waals surface area contributed by atoms with Crippen LogP contribution in [0.25, 0.3) is 22.4 Å². The number of fused-ring (bicyclic) bond motifs is 1. The Balaban J connectivity index is 1.84. The fourth-order valence-corrected chi connectivity index (χ4v) is 2.98. The molecule has 1 aliphatic heterocycles. The lowest BCUT2D eigenvalue weighted by Crippen LogP contribution is -2.16. The fraction of sp³-hybridized carbons (Fsp3) is 0.294. The van der Waals surface area contributed by atoms with E-state index in [2.05, 4.69) is 15.1 Å². The maximum atomic E-state index is 14.1. The Bertz CT molecular complexity index is 949. The van der Waals surface area contributed by atoms with Crippen LogP contribution in [-0.4, -0.2) is 38.9 Å². The number of hydrogen-bond acceptors (Lipinski definition) is 5. The van der Waals surface area contributed by atoms with Crippen LogP contribution < -0.4 is 5.73 Å². The third-order valence-electron chi connectivity index (χ3n) is 4.16.